The van der Waals surface area contributed by atoms with Crippen molar-refractivity contribution in [1.29, 1.82) is 0 Å². The zero-order valence-electron chi connectivity index (χ0n) is 10.9. The molecule has 0 aliphatic carbocycles. The molecule has 0 aromatic heterocycles. The van der Waals surface area contributed by atoms with Gasteiger partial charge in [0.1, 0.15) is 5.82 Å². The van der Waals surface area contributed by atoms with E-state index in [-0.39, 0.29) is 34.2 Å². The van der Waals surface area contributed by atoms with Crippen LogP contribution in [0.1, 0.15) is 18.9 Å². The number of nitrogens with one attached hydrogen (secondary N) is 1. The largest absolute Gasteiger partial charge is 0.377 e. The third-order valence-electron chi connectivity index (χ3n) is 3.29. The maximum atomic E-state index is 13.6. The van der Waals surface area contributed by atoms with Crippen molar-refractivity contribution in [2.24, 2.45) is 5.73 Å². The van der Waals surface area contributed by atoms with Gasteiger partial charge in [-0.1, -0.05) is 11.6 Å². The van der Waals surface area contributed by atoms with Gasteiger partial charge in [0.2, 0.25) is 10.0 Å². The lowest BCUT2D eigenvalue weighted by Crippen LogP contribution is -2.39. The molecule has 0 saturated carbocycles. The molecule has 1 aliphatic heterocycles. The summed E-state index contributed by atoms with van der Waals surface area (Å²) >= 11 is 5.72. The summed E-state index contributed by atoms with van der Waals surface area (Å²) in [4.78, 5) is -0.182. The number of sulfonamides is 1. The topological polar surface area (TPSA) is 81.4 Å². The van der Waals surface area contributed by atoms with Crippen LogP contribution in [0.2, 0.25) is 5.02 Å². The standard InChI is InChI=1S/C12H16ClFN2O3S/c1-7-11(2-3-19-7)16-20(17,18)9-4-8(6-15)12(13)10(14)5-9/h4-5,7,11,16H,2-3,6,15H2,1H3. The van der Waals surface area contributed by atoms with Crippen LogP contribution in [0.3, 0.4) is 0 Å². The molecule has 1 aromatic rings. The van der Waals surface area contributed by atoms with Gasteiger partial charge >= 0.3 is 0 Å². The summed E-state index contributed by atoms with van der Waals surface area (Å²) in [5.41, 5.74) is 5.68. The predicted molar refractivity (Wildman–Crippen MR) is 73.4 cm³/mol. The normalized spacial score (nSPS) is 23.2. The van der Waals surface area contributed by atoms with Crippen LogP contribution < -0.4 is 10.5 Å². The highest BCUT2D eigenvalue weighted by atomic mass is 35.5. The minimum atomic E-state index is -3.83. The number of hydrogen-bond acceptors (Lipinski definition) is 4. The Bertz CT molecular complexity index is 609. The Hall–Kier alpha value is -0.730. The van der Waals surface area contributed by atoms with E-state index in [1.807, 2.05) is 0 Å². The first-order valence-electron chi connectivity index (χ1n) is 6.17. The molecule has 0 amide bonds. The van der Waals surface area contributed by atoms with Gasteiger partial charge in [-0.05, 0) is 31.0 Å². The van der Waals surface area contributed by atoms with Gasteiger partial charge in [0.15, 0.2) is 0 Å². The minimum absolute atomic E-state index is 0.0396. The van der Waals surface area contributed by atoms with Gasteiger partial charge < -0.3 is 10.5 Å². The van der Waals surface area contributed by atoms with Crippen LogP contribution in [0.4, 0.5) is 4.39 Å². The van der Waals surface area contributed by atoms with Gasteiger partial charge in [0, 0.05) is 13.2 Å². The third-order valence-corrected chi connectivity index (χ3v) is 5.18. The molecule has 2 unspecified atom stereocenters. The maximum absolute atomic E-state index is 13.6. The molecule has 2 atom stereocenters. The van der Waals surface area contributed by atoms with Crippen LogP contribution in [0, 0.1) is 5.82 Å². The van der Waals surface area contributed by atoms with E-state index >= 15 is 0 Å². The van der Waals surface area contributed by atoms with Crippen LogP contribution in [0.25, 0.3) is 0 Å². The summed E-state index contributed by atoms with van der Waals surface area (Å²) in [7, 11) is -3.83. The molecule has 2 rings (SSSR count). The second-order valence-corrected chi connectivity index (χ2v) is 6.77. The summed E-state index contributed by atoms with van der Waals surface area (Å²) in [5.74, 6) is -0.800. The molecule has 5 nitrogen and oxygen atoms in total. The van der Waals surface area contributed by atoms with E-state index in [0.717, 1.165) is 6.07 Å². The summed E-state index contributed by atoms with van der Waals surface area (Å²) in [6.07, 6.45) is 0.371. The Morgan fingerprint density at radius 3 is 2.80 bits per heavy atom. The monoisotopic (exact) mass is 322 g/mol. The summed E-state index contributed by atoms with van der Waals surface area (Å²) in [6, 6.07) is 1.86. The Morgan fingerprint density at radius 2 is 2.25 bits per heavy atom. The maximum Gasteiger partial charge on any atom is 0.241 e. The second-order valence-electron chi connectivity index (χ2n) is 4.67. The average Bonchev–Trinajstić information content (AvgIpc) is 2.77. The van der Waals surface area contributed by atoms with Gasteiger partial charge in [-0.15, -0.1) is 0 Å². The van der Waals surface area contributed by atoms with Crippen molar-refractivity contribution >= 4 is 21.6 Å². The average molecular weight is 323 g/mol. The molecule has 0 radical (unpaired) electrons. The SMILES string of the molecule is CC1OCCC1NS(=O)(=O)c1cc(F)c(Cl)c(CN)c1. The smallest absolute Gasteiger partial charge is 0.241 e. The van der Waals surface area contributed by atoms with Crippen molar-refractivity contribution in [1.82, 2.24) is 4.72 Å². The van der Waals surface area contributed by atoms with E-state index < -0.39 is 15.8 Å². The van der Waals surface area contributed by atoms with Gasteiger partial charge in [-0.25, -0.2) is 17.5 Å². The molecule has 1 aliphatic rings. The molecular formula is C12H16ClFN2O3S. The van der Waals surface area contributed by atoms with Crippen LogP contribution >= 0.6 is 11.6 Å². The van der Waals surface area contributed by atoms with Crippen LogP contribution in [-0.4, -0.2) is 27.2 Å². The Balaban J connectivity index is 2.32. The van der Waals surface area contributed by atoms with Gasteiger partial charge in [0.05, 0.1) is 22.1 Å². The van der Waals surface area contributed by atoms with E-state index in [2.05, 4.69) is 4.72 Å². The third kappa shape index (κ3) is 3.12. The first-order valence-corrected chi connectivity index (χ1v) is 8.03. The van der Waals surface area contributed by atoms with E-state index in [4.69, 9.17) is 22.1 Å². The zero-order valence-corrected chi connectivity index (χ0v) is 12.5. The van der Waals surface area contributed by atoms with Crippen molar-refractivity contribution in [2.75, 3.05) is 6.61 Å². The predicted octanol–water partition coefficient (Wildman–Crippen LogP) is 1.39. The summed E-state index contributed by atoms with van der Waals surface area (Å²) in [6.45, 7) is 2.24. The fraction of sp³-hybridized carbons (Fsp3) is 0.500. The molecule has 3 N–H and O–H groups in total. The highest BCUT2D eigenvalue weighted by Crippen LogP contribution is 2.25. The molecule has 1 fully saturated rings. The van der Waals surface area contributed by atoms with E-state index in [9.17, 15) is 12.8 Å². The molecule has 112 valence electrons. The van der Waals surface area contributed by atoms with Gasteiger partial charge in [-0.3, -0.25) is 0 Å². The molecule has 8 heteroatoms. The first-order chi connectivity index (χ1) is 9.35. The quantitative estimate of drug-likeness (QED) is 0.878. The fourth-order valence-electron chi connectivity index (χ4n) is 2.08. The lowest BCUT2D eigenvalue weighted by atomic mass is 10.2. The highest BCUT2D eigenvalue weighted by molar-refractivity contribution is 7.89. The Morgan fingerprint density at radius 1 is 1.55 bits per heavy atom. The number of benzene rings is 1. The zero-order chi connectivity index (χ0) is 14.9. The van der Waals surface area contributed by atoms with Crippen LogP contribution in [-0.2, 0) is 21.3 Å². The van der Waals surface area contributed by atoms with Crippen molar-refractivity contribution in [3.8, 4) is 0 Å². The van der Waals surface area contributed by atoms with Crippen LogP contribution in [0.15, 0.2) is 17.0 Å². The second kappa shape index (κ2) is 5.95. The molecule has 1 heterocycles. The first kappa shape index (κ1) is 15.7. The number of ether oxygens (including phenoxy) is 1. The van der Waals surface area contributed by atoms with Crippen molar-refractivity contribution < 1.29 is 17.5 Å². The molecule has 0 spiro atoms. The molecule has 1 saturated heterocycles. The Labute approximate surface area is 122 Å². The minimum Gasteiger partial charge on any atom is -0.377 e. The van der Waals surface area contributed by atoms with Crippen molar-refractivity contribution in [2.45, 2.75) is 36.9 Å². The van der Waals surface area contributed by atoms with Crippen molar-refractivity contribution in [3.63, 3.8) is 0 Å². The molecular weight excluding hydrogens is 307 g/mol. The Kier molecular flexibility index (Phi) is 4.66. The lowest BCUT2D eigenvalue weighted by Gasteiger charge is -2.17. The van der Waals surface area contributed by atoms with E-state index in [1.165, 1.54) is 6.07 Å². The molecule has 1 aromatic carbocycles. The number of nitrogens with two attached hydrogens (primary N) is 1. The van der Waals surface area contributed by atoms with Gasteiger partial charge in [0.25, 0.3) is 0 Å². The van der Waals surface area contributed by atoms with Crippen molar-refractivity contribution in [3.05, 3.63) is 28.5 Å². The fourth-order valence-corrected chi connectivity index (χ4v) is 3.66. The van der Waals surface area contributed by atoms with Gasteiger partial charge in [-0.2, -0.15) is 0 Å². The number of halogens is 2. The molecule has 0 bridgehead atoms. The summed E-state index contributed by atoms with van der Waals surface area (Å²) < 4.78 is 45.9. The number of rotatable bonds is 4. The highest BCUT2D eigenvalue weighted by Gasteiger charge is 2.29. The summed E-state index contributed by atoms with van der Waals surface area (Å²) in [5, 5.41) is -0.149. The van der Waals surface area contributed by atoms with E-state index in [1.54, 1.807) is 6.92 Å². The number of hydrogen-bond donors (Lipinski definition) is 2. The lowest BCUT2D eigenvalue weighted by molar-refractivity contribution is 0.117. The van der Waals surface area contributed by atoms with E-state index in [0.29, 0.717) is 13.0 Å². The molecule has 20 heavy (non-hydrogen) atoms. The van der Waals surface area contributed by atoms with Crippen LogP contribution in [0.5, 0.6) is 0 Å².